The van der Waals surface area contributed by atoms with Gasteiger partial charge in [0.25, 0.3) is 0 Å². The standard InChI is InChI=1S/C21H24FNO2S/c22-19-9-5-4-6-17(19)10-11-20(24)23-16-21(12-14-25-15-13-21)26-18-7-2-1-3-8-18/h1-9H,10-16H2,(H,23,24). The SMILES string of the molecule is O=C(CCc1ccccc1F)NCC1(Sc2ccccc2)CCOCC1. The van der Waals surface area contributed by atoms with Gasteiger partial charge in [-0.15, -0.1) is 11.8 Å². The van der Waals surface area contributed by atoms with Crippen LogP contribution < -0.4 is 5.32 Å². The van der Waals surface area contributed by atoms with Crippen LogP contribution in [0.25, 0.3) is 0 Å². The van der Waals surface area contributed by atoms with E-state index in [9.17, 15) is 9.18 Å². The highest BCUT2D eigenvalue weighted by atomic mass is 32.2. The van der Waals surface area contributed by atoms with E-state index >= 15 is 0 Å². The van der Waals surface area contributed by atoms with Crippen LogP contribution in [0.2, 0.25) is 0 Å². The molecule has 0 radical (unpaired) electrons. The molecule has 3 nitrogen and oxygen atoms in total. The average Bonchev–Trinajstić information content (AvgIpc) is 2.67. The Morgan fingerprint density at radius 2 is 1.77 bits per heavy atom. The fourth-order valence-corrected chi connectivity index (χ4v) is 4.40. The molecule has 0 bridgehead atoms. The van der Waals surface area contributed by atoms with E-state index in [1.165, 1.54) is 11.0 Å². The monoisotopic (exact) mass is 373 g/mol. The summed E-state index contributed by atoms with van der Waals surface area (Å²) in [5, 5.41) is 3.07. The number of rotatable bonds is 7. The van der Waals surface area contributed by atoms with E-state index in [4.69, 9.17) is 4.74 Å². The second-order valence-electron chi connectivity index (χ2n) is 6.58. The van der Waals surface area contributed by atoms with E-state index in [-0.39, 0.29) is 16.5 Å². The van der Waals surface area contributed by atoms with Gasteiger partial charge in [0.1, 0.15) is 5.82 Å². The van der Waals surface area contributed by atoms with Crippen LogP contribution in [-0.4, -0.2) is 30.4 Å². The highest BCUT2D eigenvalue weighted by molar-refractivity contribution is 8.00. The zero-order valence-corrected chi connectivity index (χ0v) is 15.6. The molecule has 1 fully saturated rings. The van der Waals surface area contributed by atoms with Crippen molar-refractivity contribution in [3.8, 4) is 0 Å². The molecule has 0 aliphatic carbocycles. The first-order valence-corrected chi connectivity index (χ1v) is 9.80. The summed E-state index contributed by atoms with van der Waals surface area (Å²) >= 11 is 1.82. The molecule has 2 aromatic rings. The van der Waals surface area contributed by atoms with Crippen LogP contribution in [0.15, 0.2) is 59.5 Å². The number of carbonyl (C=O) groups excluding carboxylic acids is 1. The maximum atomic E-state index is 13.7. The molecule has 0 saturated carbocycles. The zero-order valence-electron chi connectivity index (χ0n) is 14.7. The van der Waals surface area contributed by atoms with Gasteiger partial charge >= 0.3 is 0 Å². The Balaban J connectivity index is 1.55. The van der Waals surface area contributed by atoms with Gasteiger partial charge in [-0.05, 0) is 43.0 Å². The molecule has 0 atom stereocenters. The van der Waals surface area contributed by atoms with Crippen LogP contribution in [0.5, 0.6) is 0 Å². The van der Waals surface area contributed by atoms with Crippen LogP contribution in [0, 0.1) is 5.82 Å². The number of halogens is 1. The number of ether oxygens (including phenoxy) is 1. The molecule has 0 spiro atoms. The average molecular weight is 373 g/mol. The Hall–Kier alpha value is -1.85. The first-order valence-electron chi connectivity index (χ1n) is 8.99. The first-order chi connectivity index (χ1) is 12.7. The minimum atomic E-state index is -0.249. The van der Waals surface area contributed by atoms with Gasteiger partial charge in [-0.2, -0.15) is 0 Å². The molecule has 1 aliphatic heterocycles. The van der Waals surface area contributed by atoms with Crippen molar-refractivity contribution in [1.29, 1.82) is 0 Å². The van der Waals surface area contributed by atoms with Crippen molar-refractivity contribution in [2.45, 2.75) is 35.3 Å². The zero-order chi connectivity index (χ0) is 18.2. The summed E-state index contributed by atoms with van der Waals surface area (Å²) in [5.41, 5.74) is 0.585. The van der Waals surface area contributed by atoms with Crippen LogP contribution in [0.1, 0.15) is 24.8 Å². The second kappa shape index (κ2) is 9.19. The fraction of sp³-hybridized carbons (Fsp3) is 0.381. The van der Waals surface area contributed by atoms with Gasteiger partial charge in [-0.1, -0.05) is 36.4 Å². The lowest BCUT2D eigenvalue weighted by atomic mass is 9.99. The third-order valence-electron chi connectivity index (χ3n) is 4.67. The summed E-state index contributed by atoms with van der Waals surface area (Å²) in [6, 6.07) is 16.9. The van der Waals surface area contributed by atoms with Crippen molar-refractivity contribution in [3.63, 3.8) is 0 Å². The molecule has 1 N–H and O–H groups in total. The van der Waals surface area contributed by atoms with Crippen molar-refractivity contribution >= 4 is 17.7 Å². The Kier molecular flexibility index (Phi) is 6.69. The largest absolute Gasteiger partial charge is 0.381 e. The van der Waals surface area contributed by atoms with Gasteiger partial charge in [0, 0.05) is 35.8 Å². The summed E-state index contributed by atoms with van der Waals surface area (Å²) in [6.07, 6.45) is 2.52. The molecule has 1 saturated heterocycles. The summed E-state index contributed by atoms with van der Waals surface area (Å²) in [7, 11) is 0. The first kappa shape index (κ1) is 18.9. The van der Waals surface area contributed by atoms with Crippen LogP contribution >= 0.6 is 11.8 Å². The lowest BCUT2D eigenvalue weighted by Gasteiger charge is -2.36. The smallest absolute Gasteiger partial charge is 0.220 e. The van der Waals surface area contributed by atoms with E-state index in [1.54, 1.807) is 18.2 Å². The van der Waals surface area contributed by atoms with Crippen molar-refractivity contribution in [2.24, 2.45) is 0 Å². The topological polar surface area (TPSA) is 38.3 Å². The lowest BCUT2D eigenvalue weighted by Crippen LogP contribution is -2.44. The Morgan fingerprint density at radius 1 is 1.08 bits per heavy atom. The quantitative estimate of drug-likeness (QED) is 0.790. The molecule has 0 aromatic heterocycles. The Labute approximate surface area is 158 Å². The molecule has 26 heavy (non-hydrogen) atoms. The molecule has 5 heteroatoms. The van der Waals surface area contributed by atoms with Crippen molar-refractivity contribution in [3.05, 3.63) is 66.0 Å². The number of carbonyl (C=O) groups is 1. The van der Waals surface area contributed by atoms with Crippen molar-refractivity contribution < 1.29 is 13.9 Å². The number of thioether (sulfide) groups is 1. The number of hydrogen-bond donors (Lipinski definition) is 1. The van der Waals surface area contributed by atoms with E-state index in [1.807, 2.05) is 30.0 Å². The molecule has 3 rings (SSSR count). The van der Waals surface area contributed by atoms with Gasteiger partial charge in [0.15, 0.2) is 0 Å². The summed E-state index contributed by atoms with van der Waals surface area (Å²) < 4.78 is 19.1. The third-order valence-corrected chi connectivity index (χ3v) is 6.16. The molecule has 138 valence electrons. The minimum absolute atomic E-state index is 0.0345. The maximum Gasteiger partial charge on any atom is 0.220 e. The van der Waals surface area contributed by atoms with E-state index in [0.29, 0.717) is 38.2 Å². The van der Waals surface area contributed by atoms with Gasteiger partial charge in [-0.25, -0.2) is 4.39 Å². The Bertz CT molecular complexity index is 717. The van der Waals surface area contributed by atoms with Crippen molar-refractivity contribution in [1.82, 2.24) is 5.32 Å². The minimum Gasteiger partial charge on any atom is -0.381 e. The van der Waals surface area contributed by atoms with Gasteiger partial charge < -0.3 is 10.1 Å². The van der Waals surface area contributed by atoms with E-state index < -0.39 is 0 Å². The summed E-state index contributed by atoms with van der Waals surface area (Å²) in [5.74, 6) is -0.284. The van der Waals surface area contributed by atoms with Crippen LogP contribution in [-0.2, 0) is 16.0 Å². The molecule has 2 aromatic carbocycles. The highest BCUT2D eigenvalue weighted by Gasteiger charge is 2.34. The number of aryl methyl sites for hydroxylation is 1. The van der Waals surface area contributed by atoms with Crippen molar-refractivity contribution in [2.75, 3.05) is 19.8 Å². The number of hydrogen-bond acceptors (Lipinski definition) is 3. The lowest BCUT2D eigenvalue weighted by molar-refractivity contribution is -0.121. The number of nitrogens with one attached hydrogen (secondary N) is 1. The molecule has 1 amide bonds. The van der Waals surface area contributed by atoms with E-state index in [2.05, 4.69) is 17.4 Å². The molecule has 1 heterocycles. The summed E-state index contributed by atoms with van der Waals surface area (Å²) in [6.45, 7) is 2.03. The molecular formula is C21H24FNO2S. The van der Waals surface area contributed by atoms with Gasteiger partial charge in [-0.3, -0.25) is 4.79 Å². The molecule has 0 unspecified atom stereocenters. The molecular weight excluding hydrogens is 349 g/mol. The normalized spacial score (nSPS) is 16.2. The summed E-state index contributed by atoms with van der Waals surface area (Å²) in [4.78, 5) is 13.5. The number of benzene rings is 2. The second-order valence-corrected chi connectivity index (χ2v) is 8.12. The van der Waals surface area contributed by atoms with Crippen LogP contribution in [0.3, 0.4) is 0 Å². The van der Waals surface area contributed by atoms with E-state index in [0.717, 1.165) is 12.8 Å². The maximum absolute atomic E-state index is 13.7. The van der Waals surface area contributed by atoms with Gasteiger partial charge in [0.2, 0.25) is 5.91 Å². The van der Waals surface area contributed by atoms with Crippen LogP contribution in [0.4, 0.5) is 4.39 Å². The van der Waals surface area contributed by atoms with Gasteiger partial charge in [0.05, 0.1) is 0 Å². The number of amides is 1. The highest BCUT2D eigenvalue weighted by Crippen LogP contribution is 2.40. The Morgan fingerprint density at radius 3 is 2.50 bits per heavy atom. The predicted octanol–water partition coefficient (Wildman–Crippen LogP) is 4.22. The fourth-order valence-electron chi connectivity index (χ4n) is 3.09. The predicted molar refractivity (Wildman–Crippen MR) is 103 cm³/mol. The third kappa shape index (κ3) is 5.32. The molecule has 1 aliphatic rings.